The molecule has 472 valence electrons. The minimum Gasteiger partial charge on any atom is -0.466 e. The zero-order valence-corrected chi connectivity index (χ0v) is 54.2. The molecule has 2 unspecified atom stereocenters. The first-order chi connectivity index (χ1) is 39.0. The Bertz CT molecular complexity index is 1150. The second-order valence-electron chi connectivity index (χ2n) is 25.6. The second kappa shape index (κ2) is 69.4. The van der Waals surface area contributed by atoms with Gasteiger partial charge in [0.2, 0.25) is 5.91 Å². The lowest BCUT2D eigenvalue weighted by molar-refractivity contribution is -0.143. The molecular formula is C73H145NO5. The van der Waals surface area contributed by atoms with Gasteiger partial charge < -0.3 is 20.3 Å². The van der Waals surface area contributed by atoms with Crippen LogP contribution in [0.1, 0.15) is 431 Å². The van der Waals surface area contributed by atoms with Gasteiger partial charge in [0.25, 0.3) is 0 Å². The fourth-order valence-corrected chi connectivity index (χ4v) is 12.1. The van der Waals surface area contributed by atoms with E-state index in [0.29, 0.717) is 25.9 Å². The van der Waals surface area contributed by atoms with E-state index in [1.165, 1.54) is 360 Å². The molecule has 0 aromatic carbocycles. The molecule has 0 rings (SSSR count). The fraction of sp³-hybridized carbons (Fsp3) is 0.973. The van der Waals surface area contributed by atoms with Crippen LogP contribution < -0.4 is 5.32 Å². The summed E-state index contributed by atoms with van der Waals surface area (Å²) in [5.41, 5.74) is 0. The molecule has 0 aromatic rings. The quantitative estimate of drug-likeness (QED) is 0.0417. The van der Waals surface area contributed by atoms with Gasteiger partial charge in [0.05, 0.1) is 25.4 Å². The Morgan fingerprint density at radius 1 is 0.304 bits per heavy atom. The van der Waals surface area contributed by atoms with Crippen molar-refractivity contribution in [1.29, 1.82) is 0 Å². The number of esters is 1. The Hall–Kier alpha value is -1.14. The standard InChI is InChI=1S/C73H145NO5/c1-3-5-7-9-11-13-15-17-19-20-31-35-39-43-47-51-55-59-63-67-73(78)79-68-64-60-56-52-48-44-40-36-33-30-28-26-24-22-21-23-25-27-29-32-34-38-42-46-50-54-58-62-66-72(77)74-70(69-75)71(76)65-61-57-53-49-45-41-37-18-16-14-12-10-8-6-4-2/h70-71,75-76H,3-69H2,1-2H3,(H,74,77). The summed E-state index contributed by atoms with van der Waals surface area (Å²) in [6, 6.07) is -0.538. The second-order valence-corrected chi connectivity index (χ2v) is 25.6. The van der Waals surface area contributed by atoms with E-state index in [4.69, 9.17) is 4.74 Å². The van der Waals surface area contributed by atoms with Gasteiger partial charge in [-0.2, -0.15) is 0 Å². The van der Waals surface area contributed by atoms with Crippen molar-refractivity contribution < 1.29 is 24.5 Å². The summed E-state index contributed by atoms with van der Waals surface area (Å²) in [4.78, 5) is 24.6. The monoisotopic (exact) mass is 1120 g/mol. The summed E-state index contributed by atoms with van der Waals surface area (Å²) in [5.74, 6) is -0.00283. The molecule has 0 fully saturated rings. The summed E-state index contributed by atoms with van der Waals surface area (Å²) in [6.45, 7) is 5.01. The maximum atomic E-state index is 12.5. The summed E-state index contributed by atoms with van der Waals surface area (Å²) in [7, 11) is 0. The topological polar surface area (TPSA) is 95.9 Å². The van der Waals surface area contributed by atoms with Crippen LogP contribution in [0.25, 0.3) is 0 Å². The number of unbranched alkanes of at least 4 members (excludes halogenated alkanes) is 59. The number of ether oxygens (including phenoxy) is 1. The van der Waals surface area contributed by atoms with Gasteiger partial charge in [0.1, 0.15) is 0 Å². The first kappa shape index (κ1) is 77.9. The molecule has 6 heteroatoms. The van der Waals surface area contributed by atoms with E-state index < -0.39 is 12.1 Å². The van der Waals surface area contributed by atoms with Crippen LogP contribution in [0.3, 0.4) is 0 Å². The molecule has 2 atom stereocenters. The lowest BCUT2D eigenvalue weighted by Crippen LogP contribution is -2.45. The van der Waals surface area contributed by atoms with Crippen molar-refractivity contribution in [1.82, 2.24) is 5.32 Å². The zero-order valence-electron chi connectivity index (χ0n) is 54.2. The van der Waals surface area contributed by atoms with Gasteiger partial charge in [-0.25, -0.2) is 0 Å². The highest BCUT2D eigenvalue weighted by Crippen LogP contribution is 2.20. The summed E-state index contributed by atoms with van der Waals surface area (Å²) in [6.07, 6.45) is 84.5. The molecule has 0 aliphatic heterocycles. The predicted molar refractivity (Wildman–Crippen MR) is 347 cm³/mol. The molecule has 0 spiro atoms. The van der Waals surface area contributed by atoms with Gasteiger partial charge in [0.15, 0.2) is 0 Å². The van der Waals surface area contributed by atoms with E-state index in [0.717, 1.165) is 38.5 Å². The van der Waals surface area contributed by atoms with Crippen LogP contribution in [0, 0.1) is 0 Å². The Labute approximate surface area is 496 Å². The fourth-order valence-electron chi connectivity index (χ4n) is 12.1. The van der Waals surface area contributed by atoms with Crippen molar-refractivity contribution in [3.8, 4) is 0 Å². The van der Waals surface area contributed by atoms with Crippen LogP contribution in [-0.4, -0.2) is 47.4 Å². The third kappa shape index (κ3) is 65.9. The highest BCUT2D eigenvalue weighted by atomic mass is 16.5. The normalized spacial score (nSPS) is 12.4. The highest BCUT2D eigenvalue weighted by molar-refractivity contribution is 5.76. The number of aliphatic hydroxyl groups is 2. The largest absolute Gasteiger partial charge is 0.466 e. The van der Waals surface area contributed by atoms with Crippen molar-refractivity contribution >= 4 is 11.9 Å². The molecule has 0 aromatic heterocycles. The number of rotatable bonds is 70. The van der Waals surface area contributed by atoms with Crippen LogP contribution in [0.15, 0.2) is 0 Å². The summed E-state index contributed by atoms with van der Waals surface area (Å²) in [5, 5.41) is 23.3. The number of hydrogen-bond donors (Lipinski definition) is 3. The highest BCUT2D eigenvalue weighted by Gasteiger charge is 2.20. The van der Waals surface area contributed by atoms with E-state index in [-0.39, 0.29) is 18.5 Å². The number of aliphatic hydroxyl groups excluding tert-OH is 2. The van der Waals surface area contributed by atoms with Gasteiger partial charge in [-0.15, -0.1) is 0 Å². The number of carbonyl (C=O) groups is 2. The Morgan fingerprint density at radius 3 is 0.772 bits per heavy atom. The maximum Gasteiger partial charge on any atom is 0.305 e. The molecule has 79 heavy (non-hydrogen) atoms. The number of hydrogen-bond acceptors (Lipinski definition) is 5. The van der Waals surface area contributed by atoms with Gasteiger partial charge in [-0.05, 0) is 25.7 Å². The average Bonchev–Trinajstić information content (AvgIpc) is 3.45. The van der Waals surface area contributed by atoms with Crippen LogP contribution in [0.4, 0.5) is 0 Å². The lowest BCUT2D eigenvalue weighted by Gasteiger charge is -2.22. The molecule has 6 nitrogen and oxygen atoms in total. The molecule has 0 saturated heterocycles. The van der Waals surface area contributed by atoms with Gasteiger partial charge in [0, 0.05) is 12.8 Å². The summed E-state index contributed by atoms with van der Waals surface area (Å²) >= 11 is 0. The zero-order chi connectivity index (χ0) is 57.1. The third-order valence-electron chi connectivity index (χ3n) is 17.7. The van der Waals surface area contributed by atoms with E-state index >= 15 is 0 Å². The van der Waals surface area contributed by atoms with Gasteiger partial charge >= 0.3 is 5.97 Å². The van der Waals surface area contributed by atoms with Crippen LogP contribution in [0.5, 0.6) is 0 Å². The van der Waals surface area contributed by atoms with E-state index in [1.54, 1.807) is 0 Å². The molecule has 1 amide bonds. The van der Waals surface area contributed by atoms with E-state index in [1.807, 2.05) is 0 Å². The molecule has 0 radical (unpaired) electrons. The first-order valence-corrected chi connectivity index (χ1v) is 36.8. The SMILES string of the molecule is CCCCCCCCCCCCCCCCCCCCCC(=O)OCCCCCCCCCCCCCCCCCCCCCCCCCCCCCCC(=O)NC(CO)C(O)CCCCCCCCCCCCCCCCC. The van der Waals surface area contributed by atoms with Crippen molar-refractivity contribution in [2.24, 2.45) is 0 Å². The molecule has 3 N–H and O–H groups in total. The molecule has 0 saturated carbocycles. The molecule has 0 bridgehead atoms. The molecule has 0 aliphatic carbocycles. The van der Waals surface area contributed by atoms with Gasteiger partial charge in [-0.3, -0.25) is 9.59 Å². The first-order valence-electron chi connectivity index (χ1n) is 36.8. The number of amides is 1. The summed E-state index contributed by atoms with van der Waals surface area (Å²) < 4.78 is 5.52. The van der Waals surface area contributed by atoms with Crippen molar-refractivity contribution in [2.75, 3.05) is 13.2 Å². The van der Waals surface area contributed by atoms with Crippen LogP contribution >= 0.6 is 0 Å². The van der Waals surface area contributed by atoms with Crippen molar-refractivity contribution in [3.05, 3.63) is 0 Å². The van der Waals surface area contributed by atoms with Crippen molar-refractivity contribution in [2.45, 2.75) is 443 Å². The predicted octanol–water partition coefficient (Wildman–Crippen LogP) is 23.8. The maximum absolute atomic E-state index is 12.5. The molecule has 0 heterocycles. The minimum absolute atomic E-state index is 0.0250. The van der Waals surface area contributed by atoms with Crippen LogP contribution in [-0.2, 0) is 14.3 Å². The number of carbonyl (C=O) groups excluding carboxylic acids is 2. The van der Waals surface area contributed by atoms with Crippen molar-refractivity contribution in [3.63, 3.8) is 0 Å². The number of nitrogens with one attached hydrogen (secondary N) is 1. The Morgan fingerprint density at radius 2 is 0.519 bits per heavy atom. The van der Waals surface area contributed by atoms with Gasteiger partial charge in [-0.1, -0.05) is 393 Å². The van der Waals surface area contributed by atoms with E-state index in [2.05, 4.69) is 19.2 Å². The Kier molecular flexibility index (Phi) is 68.4. The molecule has 0 aliphatic rings. The lowest BCUT2D eigenvalue weighted by atomic mass is 10.0. The van der Waals surface area contributed by atoms with Crippen LogP contribution in [0.2, 0.25) is 0 Å². The Balaban J connectivity index is 3.30. The smallest absolute Gasteiger partial charge is 0.305 e. The third-order valence-corrected chi connectivity index (χ3v) is 17.7. The average molecular weight is 1120 g/mol. The van der Waals surface area contributed by atoms with E-state index in [9.17, 15) is 19.8 Å². The molecular weight excluding hydrogens is 971 g/mol. The minimum atomic E-state index is -0.661.